The monoisotopic (exact) mass is 264 g/mol. The van der Waals surface area contributed by atoms with Gasteiger partial charge in [0.2, 0.25) is 5.91 Å². The number of hydrazine groups is 1. The van der Waals surface area contributed by atoms with Crippen molar-refractivity contribution in [1.29, 1.82) is 0 Å². The molecule has 106 valence electrons. The van der Waals surface area contributed by atoms with E-state index in [1.54, 1.807) is 0 Å². The van der Waals surface area contributed by atoms with Crippen LogP contribution >= 0.6 is 0 Å². The van der Waals surface area contributed by atoms with Crippen LogP contribution in [-0.2, 0) is 22.6 Å². The molecule has 0 aliphatic rings. The number of nitrogens with one attached hydrogen (secondary N) is 1. The van der Waals surface area contributed by atoms with Crippen LogP contribution < -0.4 is 11.3 Å². The second-order valence-corrected chi connectivity index (χ2v) is 4.63. The number of benzene rings is 1. The van der Waals surface area contributed by atoms with Crippen molar-refractivity contribution in [3.05, 3.63) is 35.4 Å². The lowest BCUT2D eigenvalue weighted by Crippen LogP contribution is -2.31. The lowest BCUT2D eigenvalue weighted by molar-refractivity contribution is -0.120. The Morgan fingerprint density at radius 3 is 2.63 bits per heavy atom. The summed E-state index contributed by atoms with van der Waals surface area (Å²) in [6.07, 6.45) is 5.10. The van der Waals surface area contributed by atoms with Crippen molar-refractivity contribution in [2.24, 2.45) is 5.84 Å². The number of rotatable bonds is 9. The first-order valence-electron chi connectivity index (χ1n) is 6.92. The van der Waals surface area contributed by atoms with Gasteiger partial charge < -0.3 is 4.74 Å². The molecule has 1 aromatic carbocycles. The minimum absolute atomic E-state index is 0.185. The SMILES string of the molecule is CCCCCCOCc1ccccc1CC(=O)NN. The maximum atomic E-state index is 11.3. The molecule has 0 aliphatic heterocycles. The highest BCUT2D eigenvalue weighted by atomic mass is 16.5. The molecule has 4 nitrogen and oxygen atoms in total. The van der Waals surface area contributed by atoms with E-state index in [0.717, 1.165) is 24.2 Å². The lowest BCUT2D eigenvalue weighted by atomic mass is 10.1. The Bertz CT molecular complexity index is 380. The van der Waals surface area contributed by atoms with Gasteiger partial charge in [-0.15, -0.1) is 0 Å². The maximum absolute atomic E-state index is 11.3. The number of hydrogen-bond acceptors (Lipinski definition) is 3. The predicted molar refractivity (Wildman–Crippen MR) is 76.3 cm³/mol. The van der Waals surface area contributed by atoms with Crippen LogP contribution in [0.2, 0.25) is 0 Å². The average Bonchev–Trinajstić information content (AvgIpc) is 2.44. The predicted octanol–water partition coefficient (Wildman–Crippen LogP) is 2.32. The average molecular weight is 264 g/mol. The molecule has 0 saturated heterocycles. The summed E-state index contributed by atoms with van der Waals surface area (Å²) in [4.78, 5) is 11.3. The van der Waals surface area contributed by atoms with E-state index in [1.165, 1.54) is 19.3 Å². The van der Waals surface area contributed by atoms with Crippen LogP contribution in [-0.4, -0.2) is 12.5 Å². The highest BCUT2D eigenvalue weighted by molar-refractivity contribution is 5.78. The summed E-state index contributed by atoms with van der Waals surface area (Å²) < 4.78 is 5.66. The number of ether oxygens (including phenoxy) is 1. The van der Waals surface area contributed by atoms with Gasteiger partial charge in [0, 0.05) is 6.61 Å². The quantitative estimate of drug-likeness (QED) is 0.311. The normalized spacial score (nSPS) is 10.4. The fourth-order valence-electron chi connectivity index (χ4n) is 1.91. The Balaban J connectivity index is 2.38. The van der Waals surface area contributed by atoms with Crippen LogP contribution in [0.15, 0.2) is 24.3 Å². The number of nitrogens with two attached hydrogens (primary N) is 1. The smallest absolute Gasteiger partial charge is 0.238 e. The Morgan fingerprint density at radius 1 is 1.21 bits per heavy atom. The van der Waals surface area contributed by atoms with Gasteiger partial charge in [-0.1, -0.05) is 50.5 Å². The molecule has 1 rings (SSSR count). The molecule has 0 spiro atoms. The van der Waals surface area contributed by atoms with E-state index in [-0.39, 0.29) is 5.91 Å². The zero-order valence-electron chi connectivity index (χ0n) is 11.7. The van der Waals surface area contributed by atoms with Crippen LogP contribution in [0.1, 0.15) is 43.7 Å². The molecular weight excluding hydrogens is 240 g/mol. The first-order valence-corrected chi connectivity index (χ1v) is 6.92. The van der Waals surface area contributed by atoms with E-state index in [1.807, 2.05) is 24.3 Å². The van der Waals surface area contributed by atoms with Crippen LogP contribution in [0.3, 0.4) is 0 Å². The Morgan fingerprint density at radius 2 is 1.95 bits per heavy atom. The largest absolute Gasteiger partial charge is 0.377 e. The third kappa shape index (κ3) is 6.36. The number of amides is 1. The molecule has 3 N–H and O–H groups in total. The minimum atomic E-state index is -0.185. The topological polar surface area (TPSA) is 64.3 Å². The van der Waals surface area contributed by atoms with Crippen LogP contribution in [0.25, 0.3) is 0 Å². The summed E-state index contributed by atoms with van der Waals surface area (Å²) in [6, 6.07) is 7.81. The molecule has 0 unspecified atom stereocenters. The van der Waals surface area contributed by atoms with Gasteiger partial charge in [-0.3, -0.25) is 10.2 Å². The molecule has 1 aromatic rings. The molecule has 0 aromatic heterocycles. The molecule has 0 bridgehead atoms. The summed E-state index contributed by atoms with van der Waals surface area (Å²) in [5, 5.41) is 0. The Labute approximate surface area is 115 Å². The number of unbranched alkanes of at least 4 members (excludes halogenated alkanes) is 3. The molecule has 0 radical (unpaired) electrons. The van der Waals surface area contributed by atoms with Gasteiger partial charge in [-0.25, -0.2) is 5.84 Å². The van der Waals surface area contributed by atoms with Crippen molar-refractivity contribution >= 4 is 5.91 Å². The fraction of sp³-hybridized carbons (Fsp3) is 0.533. The number of carbonyl (C=O) groups excluding carboxylic acids is 1. The summed E-state index contributed by atoms with van der Waals surface area (Å²) in [6.45, 7) is 3.52. The van der Waals surface area contributed by atoms with Gasteiger partial charge in [-0.05, 0) is 17.5 Å². The van der Waals surface area contributed by atoms with Crippen molar-refractivity contribution in [1.82, 2.24) is 5.43 Å². The second kappa shape index (κ2) is 9.53. The van der Waals surface area contributed by atoms with Crippen LogP contribution in [0.5, 0.6) is 0 Å². The first-order chi connectivity index (χ1) is 9.27. The fourth-order valence-corrected chi connectivity index (χ4v) is 1.91. The molecule has 0 heterocycles. The van der Waals surface area contributed by atoms with E-state index in [0.29, 0.717) is 13.0 Å². The van der Waals surface area contributed by atoms with Gasteiger partial charge in [0.05, 0.1) is 13.0 Å². The van der Waals surface area contributed by atoms with Crippen molar-refractivity contribution in [3.63, 3.8) is 0 Å². The molecular formula is C15H24N2O2. The highest BCUT2D eigenvalue weighted by Crippen LogP contribution is 2.11. The molecule has 0 atom stereocenters. The second-order valence-electron chi connectivity index (χ2n) is 4.63. The summed E-state index contributed by atoms with van der Waals surface area (Å²) in [5.74, 6) is 4.92. The third-order valence-electron chi connectivity index (χ3n) is 3.03. The Kier molecular flexibility index (Phi) is 7.86. The van der Waals surface area contributed by atoms with E-state index in [4.69, 9.17) is 10.6 Å². The molecule has 19 heavy (non-hydrogen) atoms. The highest BCUT2D eigenvalue weighted by Gasteiger charge is 2.06. The van der Waals surface area contributed by atoms with Gasteiger partial charge in [0.1, 0.15) is 0 Å². The van der Waals surface area contributed by atoms with E-state index in [9.17, 15) is 4.79 Å². The van der Waals surface area contributed by atoms with Crippen LogP contribution in [0.4, 0.5) is 0 Å². The summed E-state index contributed by atoms with van der Waals surface area (Å²) >= 11 is 0. The standard InChI is InChI=1S/C15H24N2O2/c1-2-3-4-7-10-19-12-14-9-6-5-8-13(14)11-15(18)17-16/h5-6,8-9H,2-4,7,10-12,16H2,1H3,(H,17,18). The van der Waals surface area contributed by atoms with Gasteiger partial charge in [0.15, 0.2) is 0 Å². The minimum Gasteiger partial charge on any atom is -0.377 e. The zero-order valence-corrected chi connectivity index (χ0v) is 11.7. The van der Waals surface area contributed by atoms with Gasteiger partial charge in [0.25, 0.3) is 0 Å². The lowest BCUT2D eigenvalue weighted by Gasteiger charge is -2.09. The number of carbonyl (C=O) groups is 1. The molecule has 0 aliphatic carbocycles. The third-order valence-corrected chi connectivity index (χ3v) is 3.03. The van der Waals surface area contributed by atoms with Crippen molar-refractivity contribution in [2.75, 3.05) is 6.61 Å². The van der Waals surface area contributed by atoms with Gasteiger partial charge in [-0.2, -0.15) is 0 Å². The molecule has 0 fully saturated rings. The zero-order chi connectivity index (χ0) is 13.9. The van der Waals surface area contributed by atoms with E-state index >= 15 is 0 Å². The van der Waals surface area contributed by atoms with Crippen molar-refractivity contribution in [2.45, 2.75) is 45.6 Å². The van der Waals surface area contributed by atoms with E-state index < -0.39 is 0 Å². The van der Waals surface area contributed by atoms with E-state index in [2.05, 4.69) is 12.3 Å². The van der Waals surface area contributed by atoms with Crippen molar-refractivity contribution in [3.8, 4) is 0 Å². The van der Waals surface area contributed by atoms with Gasteiger partial charge >= 0.3 is 0 Å². The summed E-state index contributed by atoms with van der Waals surface area (Å²) in [5.41, 5.74) is 4.18. The van der Waals surface area contributed by atoms with Crippen molar-refractivity contribution < 1.29 is 9.53 Å². The first kappa shape index (κ1) is 15.7. The Hall–Kier alpha value is -1.39. The number of hydrogen-bond donors (Lipinski definition) is 2. The maximum Gasteiger partial charge on any atom is 0.238 e. The molecule has 1 amide bonds. The summed E-state index contributed by atoms with van der Waals surface area (Å²) in [7, 11) is 0. The van der Waals surface area contributed by atoms with Crippen LogP contribution in [0, 0.1) is 0 Å². The molecule has 0 saturated carbocycles. The molecule has 4 heteroatoms.